The first-order valence-electron chi connectivity index (χ1n) is 6.09. The lowest BCUT2D eigenvalue weighted by molar-refractivity contribution is 0.149. The van der Waals surface area contributed by atoms with Crippen LogP contribution in [0.2, 0.25) is 5.02 Å². The molecule has 1 unspecified atom stereocenters. The summed E-state index contributed by atoms with van der Waals surface area (Å²) in [5.41, 5.74) is 1.08. The van der Waals surface area contributed by atoms with Gasteiger partial charge in [-0.25, -0.2) is 4.39 Å². The van der Waals surface area contributed by atoms with Crippen molar-refractivity contribution in [2.45, 2.75) is 25.9 Å². The molecule has 1 N–H and O–H groups in total. The predicted octanol–water partition coefficient (Wildman–Crippen LogP) is 2.66. The second-order valence-corrected chi connectivity index (χ2v) is 4.89. The maximum absolute atomic E-state index is 13.1. The summed E-state index contributed by atoms with van der Waals surface area (Å²) in [7, 11) is 0. The Labute approximate surface area is 107 Å². The molecule has 0 bridgehead atoms. The van der Waals surface area contributed by atoms with E-state index in [1.807, 2.05) is 6.07 Å². The number of rotatable bonds is 3. The monoisotopic (exact) mass is 256 g/mol. The van der Waals surface area contributed by atoms with E-state index in [4.69, 9.17) is 11.6 Å². The van der Waals surface area contributed by atoms with E-state index in [1.54, 1.807) is 6.07 Å². The lowest BCUT2D eigenvalue weighted by Crippen LogP contribution is -2.50. The molecule has 0 aromatic heterocycles. The first kappa shape index (κ1) is 12.8. The third-order valence-corrected chi connectivity index (χ3v) is 3.60. The lowest BCUT2D eigenvalue weighted by atomic mass is 10.1. The van der Waals surface area contributed by atoms with Gasteiger partial charge in [0.05, 0.1) is 5.02 Å². The molecule has 0 amide bonds. The molecule has 1 saturated heterocycles. The second-order valence-electron chi connectivity index (χ2n) is 4.49. The topological polar surface area (TPSA) is 15.3 Å². The van der Waals surface area contributed by atoms with E-state index in [1.165, 1.54) is 6.07 Å². The zero-order valence-corrected chi connectivity index (χ0v) is 10.8. The minimum absolute atomic E-state index is 0.214. The fourth-order valence-corrected chi connectivity index (χ4v) is 2.49. The Hall–Kier alpha value is -0.640. The average molecular weight is 257 g/mol. The Morgan fingerprint density at radius 3 is 3.06 bits per heavy atom. The van der Waals surface area contributed by atoms with Crippen LogP contribution in [0.5, 0.6) is 0 Å². The van der Waals surface area contributed by atoms with Crippen molar-refractivity contribution in [2.24, 2.45) is 0 Å². The van der Waals surface area contributed by atoms with E-state index >= 15 is 0 Å². The first-order valence-corrected chi connectivity index (χ1v) is 6.47. The number of nitrogens with zero attached hydrogens (tertiary/aromatic N) is 1. The van der Waals surface area contributed by atoms with Gasteiger partial charge in [-0.15, -0.1) is 0 Å². The Kier molecular flexibility index (Phi) is 4.37. The van der Waals surface area contributed by atoms with Crippen LogP contribution in [-0.4, -0.2) is 30.6 Å². The molecule has 0 aliphatic carbocycles. The summed E-state index contributed by atoms with van der Waals surface area (Å²) in [6.45, 7) is 6.13. The summed E-state index contributed by atoms with van der Waals surface area (Å²) in [5.74, 6) is -0.345. The van der Waals surface area contributed by atoms with E-state index in [0.29, 0.717) is 6.04 Å². The van der Waals surface area contributed by atoms with Crippen LogP contribution in [0.1, 0.15) is 18.9 Å². The number of nitrogens with one attached hydrogen (secondary N) is 1. The van der Waals surface area contributed by atoms with E-state index in [-0.39, 0.29) is 10.8 Å². The zero-order valence-electron chi connectivity index (χ0n) is 10.0. The minimum Gasteiger partial charge on any atom is -0.314 e. The van der Waals surface area contributed by atoms with Gasteiger partial charge >= 0.3 is 0 Å². The van der Waals surface area contributed by atoms with Crippen LogP contribution in [-0.2, 0) is 6.54 Å². The van der Waals surface area contributed by atoms with E-state index in [2.05, 4.69) is 17.1 Å². The van der Waals surface area contributed by atoms with Crippen molar-refractivity contribution < 1.29 is 4.39 Å². The molecule has 1 aromatic rings. The van der Waals surface area contributed by atoms with Crippen molar-refractivity contribution in [2.75, 3.05) is 19.6 Å². The van der Waals surface area contributed by atoms with Crippen LogP contribution >= 0.6 is 11.6 Å². The average Bonchev–Trinajstić information content (AvgIpc) is 2.34. The lowest BCUT2D eigenvalue weighted by Gasteiger charge is -2.35. The molecule has 0 spiro atoms. The van der Waals surface area contributed by atoms with Gasteiger partial charge in [0, 0.05) is 32.2 Å². The molecule has 1 aliphatic rings. The van der Waals surface area contributed by atoms with Crippen LogP contribution in [0, 0.1) is 5.82 Å². The van der Waals surface area contributed by atoms with E-state index in [9.17, 15) is 4.39 Å². The van der Waals surface area contributed by atoms with Crippen molar-refractivity contribution in [3.63, 3.8) is 0 Å². The Morgan fingerprint density at radius 2 is 2.35 bits per heavy atom. The molecule has 1 heterocycles. The van der Waals surface area contributed by atoms with Gasteiger partial charge in [-0.3, -0.25) is 4.90 Å². The molecule has 94 valence electrons. The molecule has 4 heteroatoms. The molecule has 0 saturated carbocycles. The quantitative estimate of drug-likeness (QED) is 0.895. The van der Waals surface area contributed by atoms with Crippen molar-refractivity contribution in [3.05, 3.63) is 34.6 Å². The predicted molar refractivity (Wildman–Crippen MR) is 68.8 cm³/mol. The molecule has 1 aromatic carbocycles. The zero-order chi connectivity index (χ0) is 12.3. The van der Waals surface area contributed by atoms with Gasteiger partial charge in [0.1, 0.15) is 5.82 Å². The van der Waals surface area contributed by atoms with Gasteiger partial charge in [0.25, 0.3) is 0 Å². The molecule has 17 heavy (non-hydrogen) atoms. The molecule has 1 atom stereocenters. The standard InChI is InChI=1S/C13H18ClFN2/c1-2-11-8-16-5-6-17(11)9-10-3-4-13(15)12(14)7-10/h3-4,7,11,16H,2,5-6,8-9H2,1H3. The van der Waals surface area contributed by atoms with Crippen LogP contribution in [0.15, 0.2) is 18.2 Å². The highest BCUT2D eigenvalue weighted by Crippen LogP contribution is 2.19. The van der Waals surface area contributed by atoms with Crippen LogP contribution in [0.25, 0.3) is 0 Å². The van der Waals surface area contributed by atoms with Gasteiger partial charge in [-0.2, -0.15) is 0 Å². The summed E-state index contributed by atoms with van der Waals surface area (Å²) in [6, 6.07) is 5.55. The van der Waals surface area contributed by atoms with Crippen molar-refractivity contribution in [1.82, 2.24) is 10.2 Å². The van der Waals surface area contributed by atoms with Crippen molar-refractivity contribution >= 4 is 11.6 Å². The first-order chi connectivity index (χ1) is 8.20. The summed E-state index contributed by atoms with van der Waals surface area (Å²) in [4.78, 5) is 2.43. The van der Waals surface area contributed by atoms with Crippen LogP contribution in [0.4, 0.5) is 4.39 Å². The summed E-state index contributed by atoms with van der Waals surface area (Å²) in [5, 5.41) is 3.61. The summed E-state index contributed by atoms with van der Waals surface area (Å²) in [6.07, 6.45) is 1.13. The summed E-state index contributed by atoms with van der Waals surface area (Å²) >= 11 is 5.80. The van der Waals surface area contributed by atoms with Gasteiger partial charge in [-0.05, 0) is 24.1 Å². The minimum atomic E-state index is -0.345. The van der Waals surface area contributed by atoms with Crippen molar-refractivity contribution in [1.29, 1.82) is 0 Å². The molecule has 1 fully saturated rings. The highest BCUT2D eigenvalue weighted by Gasteiger charge is 2.20. The maximum Gasteiger partial charge on any atom is 0.141 e. The largest absolute Gasteiger partial charge is 0.314 e. The SMILES string of the molecule is CCC1CNCCN1Cc1ccc(F)c(Cl)c1. The number of hydrogen-bond acceptors (Lipinski definition) is 2. The molecule has 0 radical (unpaired) electrons. The molecule has 1 aliphatic heterocycles. The number of hydrogen-bond donors (Lipinski definition) is 1. The normalized spacial score (nSPS) is 21.7. The third-order valence-electron chi connectivity index (χ3n) is 3.31. The number of benzene rings is 1. The number of piperazine rings is 1. The maximum atomic E-state index is 13.1. The van der Waals surface area contributed by atoms with E-state index < -0.39 is 0 Å². The molecular formula is C13H18ClFN2. The summed E-state index contributed by atoms with van der Waals surface area (Å²) < 4.78 is 13.1. The molecular weight excluding hydrogens is 239 g/mol. The Balaban J connectivity index is 2.05. The van der Waals surface area contributed by atoms with E-state index in [0.717, 1.165) is 38.2 Å². The Bertz CT molecular complexity index is 384. The molecule has 2 nitrogen and oxygen atoms in total. The van der Waals surface area contributed by atoms with Gasteiger partial charge in [0.2, 0.25) is 0 Å². The highest BCUT2D eigenvalue weighted by atomic mass is 35.5. The Morgan fingerprint density at radius 1 is 1.53 bits per heavy atom. The van der Waals surface area contributed by atoms with Gasteiger partial charge in [0.15, 0.2) is 0 Å². The highest BCUT2D eigenvalue weighted by molar-refractivity contribution is 6.30. The smallest absolute Gasteiger partial charge is 0.141 e. The fraction of sp³-hybridized carbons (Fsp3) is 0.538. The number of halogens is 2. The van der Waals surface area contributed by atoms with Gasteiger partial charge in [-0.1, -0.05) is 24.6 Å². The van der Waals surface area contributed by atoms with Crippen LogP contribution < -0.4 is 5.32 Å². The second kappa shape index (κ2) is 5.80. The van der Waals surface area contributed by atoms with Crippen LogP contribution in [0.3, 0.4) is 0 Å². The van der Waals surface area contributed by atoms with Crippen molar-refractivity contribution in [3.8, 4) is 0 Å². The van der Waals surface area contributed by atoms with Gasteiger partial charge < -0.3 is 5.32 Å². The fourth-order valence-electron chi connectivity index (χ4n) is 2.29. The molecule has 2 rings (SSSR count). The third kappa shape index (κ3) is 3.18.